The van der Waals surface area contributed by atoms with Gasteiger partial charge in [-0.1, -0.05) is 24.3 Å². The second kappa shape index (κ2) is 7.25. The quantitative estimate of drug-likeness (QED) is 0.725. The van der Waals surface area contributed by atoms with Crippen molar-refractivity contribution in [2.45, 2.75) is 19.5 Å². The van der Waals surface area contributed by atoms with E-state index in [9.17, 15) is 4.79 Å². The molecule has 0 aliphatic carbocycles. The summed E-state index contributed by atoms with van der Waals surface area (Å²) in [5.41, 5.74) is 3.22. The van der Waals surface area contributed by atoms with Crippen LogP contribution in [-0.4, -0.2) is 34.5 Å². The molecule has 0 fully saturated rings. The summed E-state index contributed by atoms with van der Waals surface area (Å²) in [6, 6.07) is 15.4. The molecule has 1 aromatic heterocycles. The number of amides is 1. The Labute approximate surface area is 146 Å². The summed E-state index contributed by atoms with van der Waals surface area (Å²) in [4.78, 5) is 17.2. The van der Waals surface area contributed by atoms with Gasteiger partial charge in [0.2, 0.25) is 5.91 Å². The van der Waals surface area contributed by atoms with Crippen LogP contribution in [0.5, 0.6) is 5.75 Å². The molecule has 0 aliphatic heterocycles. The smallest absolute Gasteiger partial charge is 0.224 e. The minimum absolute atomic E-state index is 0.0491. The van der Waals surface area contributed by atoms with E-state index in [0.29, 0.717) is 25.1 Å². The van der Waals surface area contributed by atoms with E-state index in [0.717, 1.165) is 22.3 Å². The average molecular weight is 338 g/mol. The van der Waals surface area contributed by atoms with E-state index in [4.69, 9.17) is 10.1 Å². The summed E-state index contributed by atoms with van der Waals surface area (Å²) in [6.45, 7) is 1.03. The zero-order valence-corrected chi connectivity index (χ0v) is 14.5. The van der Waals surface area contributed by atoms with Crippen molar-refractivity contribution >= 4 is 16.9 Å². The van der Waals surface area contributed by atoms with Crippen LogP contribution in [0.3, 0.4) is 0 Å². The van der Waals surface area contributed by atoms with E-state index in [-0.39, 0.29) is 5.91 Å². The van der Waals surface area contributed by atoms with E-state index >= 15 is 0 Å². The van der Waals surface area contributed by atoms with Gasteiger partial charge in [0.15, 0.2) is 5.62 Å². The minimum Gasteiger partial charge on any atom is -0.497 e. The first-order valence-corrected chi connectivity index (χ1v) is 8.17. The molecule has 25 heavy (non-hydrogen) atoms. The van der Waals surface area contributed by atoms with Crippen molar-refractivity contribution in [1.82, 2.24) is 14.5 Å². The number of imidazole rings is 1. The number of hydrogen-bond donors (Lipinski definition) is 2. The number of carbonyl (C=O) groups is 1. The second-order valence-electron chi connectivity index (χ2n) is 5.99. The molecule has 2 aromatic carbocycles. The predicted octanol–water partition coefficient (Wildman–Crippen LogP) is 2.51. The van der Waals surface area contributed by atoms with E-state index in [1.165, 1.54) is 0 Å². The van der Waals surface area contributed by atoms with Crippen LogP contribution in [0.4, 0.5) is 0 Å². The largest absolute Gasteiger partial charge is 0.497 e. The molecule has 130 valence electrons. The summed E-state index contributed by atoms with van der Waals surface area (Å²) in [6.07, 6.45) is 0.352. The van der Waals surface area contributed by atoms with Crippen molar-refractivity contribution in [3.05, 3.63) is 59.7 Å². The molecular formula is C19H22N4O2. The number of methoxy groups -OCH3 is 1. The third-order valence-electron chi connectivity index (χ3n) is 4.27. The maximum absolute atomic E-state index is 12.4. The van der Waals surface area contributed by atoms with Gasteiger partial charge in [-0.25, -0.2) is 0 Å². The fourth-order valence-corrected chi connectivity index (χ4v) is 2.85. The fourth-order valence-electron chi connectivity index (χ4n) is 2.85. The Morgan fingerprint density at radius 1 is 1.20 bits per heavy atom. The molecule has 0 spiro atoms. The Bertz CT molecular complexity index is 924. The maximum Gasteiger partial charge on any atom is 0.224 e. The van der Waals surface area contributed by atoms with Crippen LogP contribution in [-0.2, 0) is 17.9 Å². The average Bonchev–Trinajstić information content (AvgIpc) is 2.95. The molecule has 0 saturated carbocycles. The number of benzene rings is 2. The predicted molar refractivity (Wildman–Crippen MR) is 96.2 cm³/mol. The number of carbonyl (C=O) groups excluding carboxylic acids is 1. The Kier molecular flexibility index (Phi) is 4.88. The fraction of sp³-hybridized carbons (Fsp3) is 0.263. The van der Waals surface area contributed by atoms with Crippen LogP contribution in [0.15, 0.2) is 48.5 Å². The molecule has 0 bridgehead atoms. The monoisotopic (exact) mass is 338 g/mol. The third-order valence-corrected chi connectivity index (χ3v) is 4.27. The highest BCUT2D eigenvalue weighted by atomic mass is 16.5. The zero-order valence-electron chi connectivity index (χ0n) is 14.5. The summed E-state index contributed by atoms with van der Waals surface area (Å²) in [5.74, 6) is 0.851. The topological polar surface area (TPSA) is 74.1 Å². The maximum atomic E-state index is 12.4. The second-order valence-corrected chi connectivity index (χ2v) is 5.99. The number of fused-ring (bicyclic) bond motifs is 1. The lowest BCUT2D eigenvalue weighted by molar-refractivity contribution is -0.130. The number of hydrogen-bond acceptors (Lipinski definition) is 3. The van der Waals surface area contributed by atoms with Crippen LogP contribution in [0.25, 0.3) is 11.0 Å². The lowest BCUT2D eigenvalue weighted by Gasteiger charge is -2.17. The molecule has 3 rings (SSSR count). The van der Waals surface area contributed by atoms with Crippen LogP contribution in [0, 0.1) is 5.41 Å². The third kappa shape index (κ3) is 3.74. The van der Waals surface area contributed by atoms with Crippen LogP contribution < -0.4 is 10.4 Å². The van der Waals surface area contributed by atoms with Crippen molar-refractivity contribution in [3.8, 4) is 5.75 Å². The van der Waals surface area contributed by atoms with Crippen molar-refractivity contribution < 1.29 is 9.53 Å². The van der Waals surface area contributed by atoms with Gasteiger partial charge in [-0.3, -0.25) is 10.2 Å². The van der Waals surface area contributed by atoms with Gasteiger partial charge >= 0.3 is 0 Å². The molecule has 0 atom stereocenters. The first-order valence-electron chi connectivity index (χ1n) is 8.17. The van der Waals surface area contributed by atoms with Gasteiger partial charge in [-0.05, 0) is 29.8 Å². The molecule has 0 unspecified atom stereocenters. The summed E-state index contributed by atoms with van der Waals surface area (Å²) in [7, 11) is 3.43. The molecule has 2 N–H and O–H groups in total. The van der Waals surface area contributed by atoms with E-state index < -0.39 is 0 Å². The van der Waals surface area contributed by atoms with Crippen LogP contribution in [0.2, 0.25) is 0 Å². The number of rotatable bonds is 6. The molecular weight excluding hydrogens is 316 g/mol. The Balaban J connectivity index is 1.63. The van der Waals surface area contributed by atoms with Crippen LogP contribution in [0.1, 0.15) is 12.0 Å². The summed E-state index contributed by atoms with van der Waals surface area (Å²) < 4.78 is 6.97. The summed E-state index contributed by atoms with van der Waals surface area (Å²) >= 11 is 0. The highest BCUT2D eigenvalue weighted by Gasteiger charge is 2.11. The molecule has 0 saturated heterocycles. The number of aryl methyl sites for hydroxylation is 1. The van der Waals surface area contributed by atoms with Crippen molar-refractivity contribution in [2.24, 2.45) is 0 Å². The highest BCUT2D eigenvalue weighted by Crippen LogP contribution is 2.13. The van der Waals surface area contributed by atoms with E-state index in [1.807, 2.05) is 53.1 Å². The Hall–Kier alpha value is -3.02. The first kappa shape index (κ1) is 16.8. The van der Waals surface area contributed by atoms with Gasteiger partial charge in [0.1, 0.15) is 5.75 Å². The van der Waals surface area contributed by atoms with Gasteiger partial charge in [-0.15, -0.1) is 0 Å². The SMILES string of the molecule is COc1ccc(CN(C)C(=O)CCn2c(=N)[nH]c3ccccc32)cc1. The lowest BCUT2D eigenvalue weighted by Crippen LogP contribution is -2.28. The van der Waals surface area contributed by atoms with Gasteiger partial charge < -0.3 is 19.2 Å². The number of H-pyrrole nitrogens is 1. The van der Waals surface area contributed by atoms with Gasteiger partial charge in [0.25, 0.3) is 0 Å². The van der Waals surface area contributed by atoms with Gasteiger partial charge in [-0.2, -0.15) is 0 Å². The van der Waals surface area contributed by atoms with Crippen LogP contribution >= 0.6 is 0 Å². The number of nitrogens with one attached hydrogen (secondary N) is 2. The number of aromatic amines is 1. The minimum atomic E-state index is 0.0491. The molecule has 3 aromatic rings. The van der Waals surface area contributed by atoms with Crippen molar-refractivity contribution in [1.29, 1.82) is 5.41 Å². The molecule has 0 radical (unpaired) electrons. The number of para-hydroxylation sites is 2. The lowest BCUT2D eigenvalue weighted by atomic mass is 10.2. The number of ether oxygens (including phenoxy) is 1. The molecule has 1 heterocycles. The number of nitrogens with zero attached hydrogens (tertiary/aromatic N) is 2. The first-order chi connectivity index (χ1) is 12.1. The van der Waals surface area contributed by atoms with E-state index in [1.54, 1.807) is 19.1 Å². The number of aromatic nitrogens is 2. The van der Waals surface area contributed by atoms with Gasteiger partial charge in [0, 0.05) is 26.6 Å². The normalized spacial score (nSPS) is 10.8. The van der Waals surface area contributed by atoms with Crippen molar-refractivity contribution in [3.63, 3.8) is 0 Å². The Morgan fingerprint density at radius 3 is 2.64 bits per heavy atom. The van der Waals surface area contributed by atoms with Gasteiger partial charge in [0.05, 0.1) is 18.1 Å². The Morgan fingerprint density at radius 2 is 1.92 bits per heavy atom. The summed E-state index contributed by atoms with van der Waals surface area (Å²) in [5, 5.41) is 8.04. The highest BCUT2D eigenvalue weighted by molar-refractivity contribution is 5.77. The standard InChI is InChI=1S/C19H22N4O2/c1-22(13-14-7-9-15(25-2)10-8-14)18(24)11-12-23-17-6-4-3-5-16(17)21-19(23)20/h3-10H,11-13H2,1-2H3,(H2,20,21). The molecule has 6 nitrogen and oxygen atoms in total. The van der Waals surface area contributed by atoms with Crippen molar-refractivity contribution in [2.75, 3.05) is 14.2 Å². The molecule has 0 aliphatic rings. The van der Waals surface area contributed by atoms with E-state index in [2.05, 4.69) is 4.98 Å². The molecule has 6 heteroatoms. The molecule has 1 amide bonds. The zero-order chi connectivity index (χ0) is 17.8.